The summed E-state index contributed by atoms with van der Waals surface area (Å²) in [6.07, 6.45) is 6.44. The van der Waals surface area contributed by atoms with E-state index in [4.69, 9.17) is 10.5 Å². The molecular formula is C16H31N3O2. The van der Waals surface area contributed by atoms with Gasteiger partial charge in [-0.3, -0.25) is 9.69 Å². The van der Waals surface area contributed by atoms with Crippen molar-refractivity contribution in [3.05, 3.63) is 0 Å². The Balaban J connectivity index is 1.88. The number of carbonyl (C=O) groups excluding carboxylic acids is 1. The van der Waals surface area contributed by atoms with Gasteiger partial charge >= 0.3 is 5.97 Å². The van der Waals surface area contributed by atoms with Crippen molar-refractivity contribution >= 4 is 5.97 Å². The second-order valence-corrected chi connectivity index (χ2v) is 7.00. The van der Waals surface area contributed by atoms with Crippen LogP contribution in [0.1, 0.15) is 38.5 Å². The van der Waals surface area contributed by atoms with E-state index in [1.807, 2.05) is 0 Å². The van der Waals surface area contributed by atoms with Crippen LogP contribution in [0.3, 0.4) is 0 Å². The van der Waals surface area contributed by atoms with Gasteiger partial charge in [0.2, 0.25) is 0 Å². The van der Waals surface area contributed by atoms with E-state index >= 15 is 0 Å². The molecule has 2 fully saturated rings. The van der Waals surface area contributed by atoms with Gasteiger partial charge in [0.15, 0.2) is 0 Å². The number of hydrogen-bond acceptors (Lipinski definition) is 5. The van der Waals surface area contributed by atoms with Gasteiger partial charge in [-0.15, -0.1) is 0 Å². The summed E-state index contributed by atoms with van der Waals surface area (Å²) in [7, 11) is 5.71. The van der Waals surface area contributed by atoms with Gasteiger partial charge in [0.25, 0.3) is 0 Å². The molecule has 122 valence electrons. The van der Waals surface area contributed by atoms with Crippen molar-refractivity contribution in [2.75, 3.05) is 40.8 Å². The summed E-state index contributed by atoms with van der Waals surface area (Å²) in [6, 6.07) is 0.659. The lowest BCUT2D eigenvalue weighted by atomic mass is 9.85. The third-order valence-corrected chi connectivity index (χ3v) is 5.28. The predicted molar refractivity (Wildman–Crippen MR) is 84.0 cm³/mol. The highest BCUT2D eigenvalue weighted by atomic mass is 16.5. The van der Waals surface area contributed by atoms with Crippen molar-refractivity contribution in [1.82, 2.24) is 9.80 Å². The van der Waals surface area contributed by atoms with Crippen LogP contribution in [-0.2, 0) is 9.53 Å². The summed E-state index contributed by atoms with van der Waals surface area (Å²) in [5.74, 6) is 0.0434. The molecule has 0 aromatic carbocycles. The maximum absolute atomic E-state index is 12.0. The van der Waals surface area contributed by atoms with Crippen LogP contribution in [0.4, 0.5) is 0 Å². The molecule has 0 amide bonds. The van der Waals surface area contributed by atoms with E-state index in [-0.39, 0.29) is 11.9 Å². The van der Waals surface area contributed by atoms with Gasteiger partial charge in [0.1, 0.15) is 5.54 Å². The number of methoxy groups -OCH3 is 1. The normalized spacial score (nSPS) is 33.8. The highest BCUT2D eigenvalue weighted by molar-refractivity contribution is 5.81. The van der Waals surface area contributed by atoms with Gasteiger partial charge in [-0.2, -0.15) is 0 Å². The van der Waals surface area contributed by atoms with Crippen LogP contribution in [0, 0.1) is 5.92 Å². The zero-order valence-corrected chi connectivity index (χ0v) is 13.8. The number of likely N-dealkylation sites (tertiary alicyclic amines) is 1. The van der Waals surface area contributed by atoms with E-state index in [1.54, 1.807) is 0 Å². The first-order chi connectivity index (χ1) is 9.97. The molecule has 3 atom stereocenters. The van der Waals surface area contributed by atoms with Crippen molar-refractivity contribution in [1.29, 1.82) is 0 Å². The number of likely N-dealkylation sites (N-methyl/N-ethyl adjacent to an activating group) is 1. The number of carbonyl (C=O) groups is 1. The SMILES string of the molecule is COC(=O)C1(N)CCCC1CCN1CCCC1CN(C)C. The van der Waals surface area contributed by atoms with E-state index in [2.05, 4.69) is 23.9 Å². The fraction of sp³-hybridized carbons (Fsp3) is 0.938. The summed E-state index contributed by atoms with van der Waals surface area (Å²) in [5.41, 5.74) is 5.61. The van der Waals surface area contributed by atoms with E-state index in [0.29, 0.717) is 6.04 Å². The molecule has 1 heterocycles. The van der Waals surface area contributed by atoms with Gasteiger partial charge in [-0.25, -0.2) is 0 Å². The van der Waals surface area contributed by atoms with E-state index < -0.39 is 5.54 Å². The molecule has 1 aliphatic carbocycles. The molecule has 1 saturated heterocycles. The number of nitrogens with zero attached hydrogens (tertiary/aromatic N) is 2. The lowest BCUT2D eigenvalue weighted by Gasteiger charge is -2.32. The quantitative estimate of drug-likeness (QED) is 0.743. The Kier molecular flexibility index (Phi) is 5.63. The summed E-state index contributed by atoms with van der Waals surface area (Å²) in [6.45, 7) is 3.36. The molecule has 5 nitrogen and oxygen atoms in total. The van der Waals surface area contributed by atoms with Crippen molar-refractivity contribution in [3.8, 4) is 0 Å². The second kappa shape index (κ2) is 7.07. The monoisotopic (exact) mass is 297 g/mol. The Morgan fingerprint density at radius 1 is 1.38 bits per heavy atom. The van der Waals surface area contributed by atoms with Crippen LogP contribution in [0.2, 0.25) is 0 Å². The van der Waals surface area contributed by atoms with Crippen LogP contribution >= 0.6 is 0 Å². The third kappa shape index (κ3) is 3.76. The Hall–Kier alpha value is -0.650. The zero-order chi connectivity index (χ0) is 15.5. The number of ether oxygens (including phenoxy) is 1. The number of nitrogens with two attached hydrogens (primary N) is 1. The first-order valence-electron chi connectivity index (χ1n) is 8.23. The van der Waals surface area contributed by atoms with Crippen LogP contribution in [-0.4, -0.2) is 68.2 Å². The lowest BCUT2D eigenvalue weighted by molar-refractivity contribution is -0.148. The van der Waals surface area contributed by atoms with Gasteiger partial charge in [-0.05, 0) is 65.2 Å². The molecule has 0 bridgehead atoms. The highest BCUT2D eigenvalue weighted by Crippen LogP contribution is 2.37. The fourth-order valence-electron chi connectivity index (χ4n) is 4.10. The smallest absolute Gasteiger partial charge is 0.326 e. The molecule has 2 N–H and O–H groups in total. The minimum Gasteiger partial charge on any atom is -0.468 e. The molecule has 0 radical (unpaired) electrons. The van der Waals surface area contributed by atoms with E-state index in [0.717, 1.165) is 38.8 Å². The van der Waals surface area contributed by atoms with Crippen LogP contribution in [0.5, 0.6) is 0 Å². The summed E-state index contributed by atoms with van der Waals surface area (Å²) in [4.78, 5) is 16.8. The Bertz CT molecular complexity index is 361. The van der Waals surface area contributed by atoms with Gasteiger partial charge < -0.3 is 15.4 Å². The molecule has 1 saturated carbocycles. The van der Waals surface area contributed by atoms with Gasteiger partial charge in [0.05, 0.1) is 7.11 Å². The topological polar surface area (TPSA) is 58.8 Å². The van der Waals surface area contributed by atoms with E-state index in [9.17, 15) is 4.79 Å². The number of hydrogen-bond donors (Lipinski definition) is 1. The number of esters is 1. The van der Waals surface area contributed by atoms with Gasteiger partial charge in [0, 0.05) is 12.6 Å². The van der Waals surface area contributed by atoms with Crippen molar-refractivity contribution in [2.45, 2.75) is 50.1 Å². The molecule has 0 spiro atoms. The van der Waals surface area contributed by atoms with Crippen molar-refractivity contribution < 1.29 is 9.53 Å². The van der Waals surface area contributed by atoms with Crippen molar-refractivity contribution in [2.24, 2.45) is 11.7 Å². The molecule has 2 rings (SSSR count). The predicted octanol–water partition coefficient (Wildman–Crippen LogP) is 1.07. The summed E-state index contributed by atoms with van der Waals surface area (Å²) < 4.78 is 4.93. The second-order valence-electron chi connectivity index (χ2n) is 7.00. The molecule has 1 aliphatic heterocycles. The number of rotatable bonds is 6. The summed E-state index contributed by atoms with van der Waals surface area (Å²) >= 11 is 0. The average Bonchev–Trinajstić information content (AvgIpc) is 3.02. The van der Waals surface area contributed by atoms with Crippen LogP contribution in [0.25, 0.3) is 0 Å². The molecule has 3 unspecified atom stereocenters. The van der Waals surface area contributed by atoms with Crippen LogP contribution < -0.4 is 5.73 Å². The standard InChI is InChI=1S/C16H31N3O2/c1-18(2)12-14-7-5-10-19(14)11-8-13-6-4-9-16(13,17)15(20)21-3/h13-14H,4-12,17H2,1-3H3. The molecule has 21 heavy (non-hydrogen) atoms. The fourth-order valence-corrected chi connectivity index (χ4v) is 4.10. The Labute approximate surface area is 128 Å². The highest BCUT2D eigenvalue weighted by Gasteiger charge is 2.46. The van der Waals surface area contributed by atoms with Gasteiger partial charge in [-0.1, -0.05) is 6.42 Å². The Morgan fingerprint density at radius 2 is 2.14 bits per heavy atom. The largest absolute Gasteiger partial charge is 0.468 e. The third-order valence-electron chi connectivity index (χ3n) is 5.28. The zero-order valence-electron chi connectivity index (χ0n) is 13.8. The average molecular weight is 297 g/mol. The molecule has 0 aromatic heterocycles. The van der Waals surface area contributed by atoms with Crippen LogP contribution in [0.15, 0.2) is 0 Å². The van der Waals surface area contributed by atoms with Crippen molar-refractivity contribution in [3.63, 3.8) is 0 Å². The molecule has 5 heteroatoms. The first-order valence-corrected chi connectivity index (χ1v) is 8.23. The summed E-state index contributed by atoms with van der Waals surface area (Å²) in [5, 5.41) is 0. The minimum absolute atomic E-state index is 0.226. The molecule has 2 aliphatic rings. The van der Waals surface area contributed by atoms with E-state index in [1.165, 1.54) is 26.5 Å². The Morgan fingerprint density at radius 3 is 2.81 bits per heavy atom. The first kappa shape index (κ1) is 16.7. The maximum atomic E-state index is 12.0. The molecular weight excluding hydrogens is 266 g/mol. The molecule has 0 aromatic rings. The lowest BCUT2D eigenvalue weighted by Crippen LogP contribution is -2.52. The maximum Gasteiger partial charge on any atom is 0.326 e. The minimum atomic E-state index is -0.745.